The Morgan fingerprint density at radius 1 is 1.44 bits per heavy atom. The van der Waals surface area contributed by atoms with Crippen molar-refractivity contribution in [1.29, 1.82) is 0 Å². The van der Waals surface area contributed by atoms with Gasteiger partial charge in [0.1, 0.15) is 4.90 Å². The van der Waals surface area contributed by atoms with Gasteiger partial charge in [-0.15, -0.1) is 0 Å². The Morgan fingerprint density at radius 3 is 2.83 bits per heavy atom. The van der Waals surface area contributed by atoms with Crippen molar-refractivity contribution in [2.45, 2.75) is 23.8 Å². The minimum atomic E-state index is -3.62. The maximum atomic E-state index is 12.1. The van der Waals surface area contributed by atoms with Crippen LogP contribution in [0.3, 0.4) is 0 Å². The third-order valence-electron chi connectivity index (χ3n) is 2.74. The van der Waals surface area contributed by atoms with Crippen molar-refractivity contribution in [1.82, 2.24) is 4.72 Å². The van der Waals surface area contributed by atoms with E-state index >= 15 is 0 Å². The van der Waals surface area contributed by atoms with Gasteiger partial charge in [0, 0.05) is 17.7 Å². The van der Waals surface area contributed by atoms with Gasteiger partial charge < -0.3 is 10.5 Å². The Bertz CT molecular complexity index is 527. The van der Waals surface area contributed by atoms with Crippen molar-refractivity contribution >= 4 is 27.3 Å². The third kappa shape index (κ3) is 3.14. The molecule has 1 unspecified atom stereocenters. The van der Waals surface area contributed by atoms with Crippen LogP contribution in [0.25, 0.3) is 0 Å². The maximum absolute atomic E-state index is 12.1. The minimum absolute atomic E-state index is 0.0532. The van der Waals surface area contributed by atoms with Crippen LogP contribution in [0.1, 0.15) is 12.8 Å². The number of anilines is 1. The summed E-state index contributed by atoms with van der Waals surface area (Å²) in [4.78, 5) is 0.0532. The second-order valence-corrected chi connectivity index (χ2v) is 6.34. The first-order chi connectivity index (χ1) is 8.49. The van der Waals surface area contributed by atoms with Gasteiger partial charge in [0.05, 0.1) is 12.3 Å². The number of hydrogen-bond donors (Lipinski definition) is 2. The number of nitrogen functional groups attached to an aromatic ring is 1. The molecule has 1 fully saturated rings. The lowest BCUT2D eigenvalue weighted by atomic mass is 10.1. The second-order valence-electron chi connectivity index (χ2n) is 4.22. The summed E-state index contributed by atoms with van der Waals surface area (Å²) in [5, 5.41) is 0.410. The van der Waals surface area contributed by atoms with Crippen LogP contribution in [0, 0.1) is 0 Å². The molecule has 0 radical (unpaired) electrons. The Hall–Kier alpha value is -0.820. The number of halogens is 1. The Labute approximate surface area is 111 Å². The highest BCUT2D eigenvalue weighted by Crippen LogP contribution is 2.23. The summed E-state index contributed by atoms with van der Waals surface area (Å²) in [6, 6.07) is 4.14. The van der Waals surface area contributed by atoms with Crippen molar-refractivity contribution in [3.63, 3.8) is 0 Å². The van der Waals surface area contributed by atoms with Crippen LogP contribution in [-0.4, -0.2) is 27.7 Å². The summed E-state index contributed by atoms with van der Waals surface area (Å²) >= 11 is 5.74. The molecule has 100 valence electrons. The number of hydrogen-bond acceptors (Lipinski definition) is 4. The van der Waals surface area contributed by atoms with Crippen LogP contribution in [0.2, 0.25) is 5.02 Å². The molecule has 1 aliphatic rings. The molecule has 0 aliphatic carbocycles. The molecule has 1 aromatic carbocycles. The van der Waals surface area contributed by atoms with Gasteiger partial charge in [-0.2, -0.15) is 0 Å². The van der Waals surface area contributed by atoms with E-state index in [4.69, 9.17) is 22.1 Å². The largest absolute Gasteiger partial charge is 0.398 e. The number of nitrogens with one attached hydrogen (secondary N) is 1. The van der Waals surface area contributed by atoms with Crippen molar-refractivity contribution in [2.24, 2.45) is 0 Å². The van der Waals surface area contributed by atoms with Gasteiger partial charge in [0.15, 0.2) is 0 Å². The highest BCUT2D eigenvalue weighted by molar-refractivity contribution is 7.89. The standard InChI is InChI=1S/C11H15ClN2O3S/c12-8-3-4-11(10(13)6-8)18(15,16)14-9-2-1-5-17-7-9/h3-4,6,9,14H,1-2,5,7,13H2. The second kappa shape index (κ2) is 5.44. The first-order valence-corrected chi connectivity index (χ1v) is 7.50. The van der Waals surface area contributed by atoms with Crippen molar-refractivity contribution in [2.75, 3.05) is 18.9 Å². The summed E-state index contributed by atoms with van der Waals surface area (Å²) in [5.41, 5.74) is 5.82. The van der Waals surface area contributed by atoms with E-state index in [0.717, 1.165) is 12.8 Å². The fourth-order valence-electron chi connectivity index (χ4n) is 1.88. The van der Waals surface area contributed by atoms with Crippen molar-refractivity contribution in [3.05, 3.63) is 23.2 Å². The molecule has 1 atom stereocenters. The van der Waals surface area contributed by atoms with Gasteiger partial charge in [0.2, 0.25) is 10.0 Å². The molecule has 1 saturated heterocycles. The van der Waals surface area contributed by atoms with E-state index in [9.17, 15) is 8.42 Å². The van der Waals surface area contributed by atoms with Gasteiger partial charge >= 0.3 is 0 Å². The van der Waals surface area contributed by atoms with Crippen LogP contribution in [0.5, 0.6) is 0 Å². The van der Waals surface area contributed by atoms with Crippen LogP contribution in [0.15, 0.2) is 23.1 Å². The Morgan fingerprint density at radius 2 is 2.22 bits per heavy atom. The first-order valence-electron chi connectivity index (χ1n) is 5.64. The zero-order valence-electron chi connectivity index (χ0n) is 9.73. The van der Waals surface area contributed by atoms with Crippen LogP contribution in [0.4, 0.5) is 5.69 Å². The number of sulfonamides is 1. The number of benzene rings is 1. The molecule has 1 aromatic rings. The molecule has 5 nitrogen and oxygen atoms in total. The van der Waals surface area contributed by atoms with E-state index in [1.165, 1.54) is 18.2 Å². The van der Waals surface area contributed by atoms with E-state index in [1.54, 1.807) is 0 Å². The molecular formula is C11H15ClN2O3S. The molecule has 0 aromatic heterocycles. The van der Waals surface area contributed by atoms with Gasteiger partial charge in [-0.3, -0.25) is 0 Å². The first kappa shape index (κ1) is 13.6. The summed E-state index contributed by atoms with van der Waals surface area (Å²) in [6.45, 7) is 1.08. The smallest absolute Gasteiger partial charge is 0.242 e. The van der Waals surface area contributed by atoms with E-state index in [-0.39, 0.29) is 16.6 Å². The number of ether oxygens (including phenoxy) is 1. The monoisotopic (exact) mass is 290 g/mol. The van der Waals surface area contributed by atoms with Crippen molar-refractivity contribution in [3.8, 4) is 0 Å². The fraction of sp³-hybridized carbons (Fsp3) is 0.455. The molecule has 1 heterocycles. The molecule has 3 N–H and O–H groups in total. The van der Waals surface area contributed by atoms with Crippen LogP contribution < -0.4 is 10.5 Å². The summed E-state index contributed by atoms with van der Waals surface area (Å²) in [6.07, 6.45) is 1.62. The quantitative estimate of drug-likeness (QED) is 0.824. The molecular weight excluding hydrogens is 276 g/mol. The van der Waals surface area contributed by atoms with Crippen molar-refractivity contribution < 1.29 is 13.2 Å². The highest BCUT2D eigenvalue weighted by Gasteiger charge is 2.23. The van der Waals surface area contributed by atoms with E-state index in [1.807, 2.05) is 0 Å². The summed E-state index contributed by atoms with van der Waals surface area (Å²) < 4.78 is 32.1. The predicted octanol–water partition coefficient (Wildman–Crippen LogP) is 1.38. The zero-order chi connectivity index (χ0) is 13.2. The Balaban J connectivity index is 2.19. The predicted molar refractivity (Wildman–Crippen MR) is 70.0 cm³/mol. The summed E-state index contributed by atoms with van der Waals surface area (Å²) in [7, 11) is -3.62. The van der Waals surface area contributed by atoms with Crippen LogP contribution in [-0.2, 0) is 14.8 Å². The minimum Gasteiger partial charge on any atom is -0.398 e. The number of rotatable bonds is 3. The molecule has 1 aliphatic heterocycles. The SMILES string of the molecule is Nc1cc(Cl)ccc1S(=O)(=O)NC1CCCOC1. The lowest BCUT2D eigenvalue weighted by molar-refractivity contribution is 0.0774. The van der Waals surface area contributed by atoms with Gasteiger partial charge in [-0.05, 0) is 31.0 Å². The van der Waals surface area contributed by atoms with Crippen LogP contribution >= 0.6 is 11.6 Å². The zero-order valence-corrected chi connectivity index (χ0v) is 11.3. The number of nitrogens with two attached hydrogens (primary N) is 1. The van der Waals surface area contributed by atoms with Gasteiger partial charge in [-0.1, -0.05) is 11.6 Å². The molecule has 0 spiro atoms. The maximum Gasteiger partial charge on any atom is 0.242 e. The summed E-state index contributed by atoms with van der Waals surface area (Å²) in [5.74, 6) is 0. The topological polar surface area (TPSA) is 81.4 Å². The molecule has 18 heavy (non-hydrogen) atoms. The fourth-order valence-corrected chi connectivity index (χ4v) is 3.43. The molecule has 0 bridgehead atoms. The normalized spacial score (nSPS) is 20.8. The van der Waals surface area contributed by atoms with E-state index < -0.39 is 10.0 Å². The highest BCUT2D eigenvalue weighted by atomic mass is 35.5. The Kier molecular flexibility index (Phi) is 4.11. The average Bonchev–Trinajstić information content (AvgIpc) is 2.29. The van der Waals surface area contributed by atoms with Gasteiger partial charge in [0.25, 0.3) is 0 Å². The van der Waals surface area contributed by atoms with E-state index in [0.29, 0.717) is 18.2 Å². The lowest BCUT2D eigenvalue weighted by Crippen LogP contribution is -2.40. The van der Waals surface area contributed by atoms with E-state index in [2.05, 4.69) is 4.72 Å². The van der Waals surface area contributed by atoms with Gasteiger partial charge in [-0.25, -0.2) is 13.1 Å². The molecule has 7 heteroatoms. The molecule has 0 amide bonds. The lowest BCUT2D eigenvalue weighted by Gasteiger charge is -2.23. The third-order valence-corrected chi connectivity index (χ3v) is 4.57. The molecule has 2 rings (SSSR count). The molecule has 0 saturated carbocycles. The average molecular weight is 291 g/mol.